The third-order valence-electron chi connectivity index (χ3n) is 5.50. The molecule has 0 N–H and O–H groups in total. The highest BCUT2D eigenvalue weighted by atomic mass is 19.2. The number of rotatable bonds is 10. The molecule has 0 bridgehead atoms. The molecular formula is C28H23F7O. The number of halogens is 7. The molecule has 0 heterocycles. The average Bonchev–Trinajstić information content (AvgIpc) is 2.84. The van der Waals surface area contributed by atoms with E-state index in [1.807, 2.05) is 0 Å². The summed E-state index contributed by atoms with van der Waals surface area (Å²) in [5.41, 5.74) is 0.0870. The van der Waals surface area contributed by atoms with Gasteiger partial charge in [0.2, 0.25) is 6.86 Å². The molecule has 0 saturated heterocycles. The standard InChI is InChI=1S/C28H23F7O/c1-2-3-4-5-21(30)27(35)19-10-8-17(9-11-19)6-7-18-12-22(31)26(23(32)13-18)20-14-24(33)28(36-16-29)25(34)15-20/h2-3,8-15H,4-7,16H2,1H3/b3-2+,27-21+. The summed E-state index contributed by atoms with van der Waals surface area (Å²) in [4.78, 5) is 0. The van der Waals surface area contributed by atoms with Crippen LogP contribution in [0.25, 0.3) is 17.0 Å². The number of allylic oxidation sites excluding steroid dienone is 3. The van der Waals surface area contributed by atoms with Crippen LogP contribution in [0.1, 0.15) is 36.5 Å². The fraction of sp³-hybridized carbons (Fsp3) is 0.214. The normalized spacial score (nSPS) is 12.2. The lowest BCUT2D eigenvalue weighted by Crippen LogP contribution is -2.00. The zero-order chi connectivity index (χ0) is 26.2. The first-order valence-electron chi connectivity index (χ1n) is 11.2. The quantitative estimate of drug-likeness (QED) is 0.196. The molecule has 0 saturated carbocycles. The smallest absolute Gasteiger partial charge is 0.228 e. The zero-order valence-corrected chi connectivity index (χ0v) is 19.4. The molecule has 0 unspecified atom stereocenters. The van der Waals surface area contributed by atoms with Crippen LogP contribution >= 0.6 is 0 Å². The molecule has 0 spiro atoms. The number of benzene rings is 3. The predicted molar refractivity (Wildman–Crippen MR) is 125 cm³/mol. The van der Waals surface area contributed by atoms with Gasteiger partial charge in [-0.25, -0.2) is 30.7 Å². The Labute approximate surface area is 204 Å². The number of aryl methyl sites for hydroxylation is 2. The summed E-state index contributed by atoms with van der Waals surface area (Å²) in [6, 6.07) is 9.49. The van der Waals surface area contributed by atoms with E-state index in [4.69, 9.17) is 0 Å². The van der Waals surface area contributed by atoms with Gasteiger partial charge in [0.05, 0.1) is 5.56 Å². The molecule has 0 aliphatic carbocycles. The van der Waals surface area contributed by atoms with Crippen molar-refractivity contribution in [3.05, 3.63) is 106 Å². The molecule has 8 heteroatoms. The van der Waals surface area contributed by atoms with Gasteiger partial charge in [0.1, 0.15) is 17.5 Å². The maximum absolute atomic E-state index is 14.7. The van der Waals surface area contributed by atoms with Crippen molar-refractivity contribution in [1.29, 1.82) is 0 Å². The maximum Gasteiger partial charge on any atom is 0.228 e. The summed E-state index contributed by atoms with van der Waals surface area (Å²) in [7, 11) is 0. The molecule has 0 radical (unpaired) electrons. The van der Waals surface area contributed by atoms with Crippen molar-refractivity contribution in [1.82, 2.24) is 0 Å². The van der Waals surface area contributed by atoms with E-state index < -0.39 is 58.7 Å². The third kappa shape index (κ3) is 6.56. The van der Waals surface area contributed by atoms with Crippen LogP contribution in [0.3, 0.4) is 0 Å². The van der Waals surface area contributed by atoms with Gasteiger partial charge in [0.15, 0.2) is 23.2 Å². The van der Waals surface area contributed by atoms with Crippen LogP contribution in [0.15, 0.2) is 66.5 Å². The Morgan fingerprint density at radius 3 is 1.94 bits per heavy atom. The lowest BCUT2D eigenvalue weighted by Gasteiger charge is -2.11. The van der Waals surface area contributed by atoms with Crippen LogP contribution in [-0.4, -0.2) is 6.86 Å². The monoisotopic (exact) mass is 508 g/mol. The summed E-state index contributed by atoms with van der Waals surface area (Å²) in [6.45, 7) is 0.328. The minimum Gasteiger partial charge on any atom is -0.457 e. The summed E-state index contributed by atoms with van der Waals surface area (Å²) in [6.07, 6.45) is 4.42. The SMILES string of the molecule is C/C=C/CC/C(F)=C(\F)c1ccc(CCc2cc(F)c(-c3cc(F)c(OCF)c(F)c3)c(F)c2)cc1. The van der Waals surface area contributed by atoms with E-state index in [1.165, 1.54) is 12.1 Å². The third-order valence-corrected chi connectivity index (χ3v) is 5.50. The lowest BCUT2D eigenvalue weighted by molar-refractivity contribution is 0.176. The molecule has 0 aromatic heterocycles. The van der Waals surface area contributed by atoms with E-state index in [0.29, 0.717) is 25.0 Å². The number of alkyl halides is 1. The van der Waals surface area contributed by atoms with Crippen LogP contribution in [0.2, 0.25) is 0 Å². The van der Waals surface area contributed by atoms with Gasteiger partial charge in [-0.15, -0.1) is 0 Å². The van der Waals surface area contributed by atoms with Gasteiger partial charge in [-0.3, -0.25) is 0 Å². The van der Waals surface area contributed by atoms with Crippen LogP contribution in [0.4, 0.5) is 30.7 Å². The van der Waals surface area contributed by atoms with Crippen molar-refractivity contribution < 1.29 is 35.5 Å². The van der Waals surface area contributed by atoms with Gasteiger partial charge in [-0.1, -0.05) is 36.4 Å². The van der Waals surface area contributed by atoms with Gasteiger partial charge in [0, 0.05) is 12.0 Å². The molecule has 190 valence electrons. The van der Waals surface area contributed by atoms with Crippen molar-refractivity contribution in [3.63, 3.8) is 0 Å². The summed E-state index contributed by atoms with van der Waals surface area (Å²) in [5, 5.41) is 0. The fourth-order valence-electron chi connectivity index (χ4n) is 3.69. The van der Waals surface area contributed by atoms with Crippen molar-refractivity contribution in [2.45, 2.75) is 32.6 Å². The summed E-state index contributed by atoms with van der Waals surface area (Å²) in [5.74, 6) is -7.38. The Balaban J connectivity index is 1.73. The van der Waals surface area contributed by atoms with Crippen LogP contribution in [-0.2, 0) is 12.8 Å². The molecule has 0 aliphatic heterocycles. The molecule has 3 aromatic rings. The fourth-order valence-corrected chi connectivity index (χ4v) is 3.69. The summed E-state index contributed by atoms with van der Waals surface area (Å²) < 4.78 is 102. The number of hydrogen-bond donors (Lipinski definition) is 0. The van der Waals surface area contributed by atoms with Gasteiger partial charge >= 0.3 is 0 Å². The Morgan fingerprint density at radius 1 is 0.806 bits per heavy atom. The Hall–Kier alpha value is -3.55. The van der Waals surface area contributed by atoms with E-state index in [1.54, 1.807) is 31.2 Å². The second kappa shape index (κ2) is 12.4. The van der Waals surface area contributed by atoms with E-state index >= 15 is 0 Å². The average molecular weight is 508 g/mol. The molecule has 36 heavy (non-hydrogen) atoms. The maximum atomic E-state index is 14.7. The van der Waals surface area contributed by atoms with Gasteiger partial charge < -0.3 is 4.74 Å². The first kappa shape index (κ1) is 27.0. The minimum atomic E-state index is -1.47. The molecular weight excluding hydrogens is 485 g/mol. The zero-order valence-electron chi connectivity index (χ0n) is 19.4. The van der Waals surface area contributed by atoms with Gasteiger partial charge in [-0.2, -0.15) is 0 Å². The van der Waals surface area contributed by atoms with Crippen molar-refractivity contribution in [2.75, 3.05) is 6.86 Å². The van der Waals surface area contributed by atoms with Crippen molar-refractivity contribution in [3.8, 4) is 16.9 Å². The highest BCUT2D eigenvalue weighted by molar-refractivity contribution is 5.66. The number of hydrogen-bond acceptors (Lipinski definition) is 1. The molecule has 0 atom stereocenters. The minimum absolute atomic E-state index is 0.0418. The van der Waals surface area contributed by atoms with E-state index in [-0.39, 0.29) is 24.0 Å². The van der Waals surface area contributed by atoms with E-state index in [2.05, 4.69) is 4.74 Å². The largest absolute Gasteiger partial charge is 0.457 e. The van der Waals surface area contributed by atoms with Crippen LogP contribution < -0.4 is 4.74 Å². The Bertz CT molecular complexity index is 1220. The van der Waals surface area contributed by atoms with Crippen molar-refractivity contribution in [2.24, 2.45) is 0 Å². The predicted octanol–water partition coefficient (Wildman–Crippen LogP) is 8.96. The van der Waals surface area contributed by atoms with Gasteiger partial charge in [-0.05, 0) is 67.1 Å². The Kier molecular flexibility index (Phi) is 9.33. The molecule has 3 aromatic carbocycles. The second-order valence-electron chi connectivity index (χ2n) is 7.98. The lowest BCUT2D eigenvalue weighted by atomic mass is 9.98. The highest BCUT2D eigenvalue weighted by Gasteiger charge is 2.19. The molecule has 0 amide bonds. The van der Waals surface area contributed by atoms with Crippen molar-refractivity contribution >= 4 is 5.83 Å². The van der Waals surface area contributed by atoms with Crippen LogP contribution in [0, 0.1) is 23.3 Å². The van der Waals surface area contributed by atoms with E-state index in [9.17, 15) is 30.7 Å². The second-order valence-corrected chi connectivity index (χ2v) is 7.98. The van der Waals surface area contributed by atoms with Crippen LogP contribution in [0.5, 0.6) is 5.75 Å². The molecule has 0 aliphatic rings. The summed E-state index contributed by atoms with van der Waals surface area (Å²) >= 11 is 0. The topological polar surface area (TPSA) is 9.23 Å². The Morgan fingerprint density at radius 2 is 1.39 bits per heavy atom. The molecule has 3 rings (SSSR count). The molecule has 1 nitrogen and oxygen atoms in total. The number of ether oxygens (including phenoxy) is 1. The molecule has 0 fully saturated rings. The first-order valence-corrected chi connectivity index (χ1v) is 11.2. The first-order chi connectivity index (χ1) is 17.2. The van der Waals surface area contributed by atoms with E-state index in [0.717, 1.165) is 17.7 Å². The van der Waals surface area contributed by atoms with Gasteiger partial charge in [0.25, 0.3) is 0 Å². The highest BCUT2D eigenvalue weighted by Crippen LogP contribution is 2.33.